The number of hydrogen-bond donors (Lipinski definition) is 2. The predicted octanol–water partition coefficient (Wildman–Crippen LogP) is 0.366. The Balaban J connectivity index is 2.87. The molecule has 0 saturated carbocycles. The number of carbonyl (C=O) groups excluding carboxylic acids is 1. The Bertz CT molecular complexity index is 610. The fraction of sp³-hybridized carbons (Fsp3) is 0.333. The summed E-state index contributed by atoms with van der Waals surface area (Å²) < 4.78 is 30.1. The largest absolute Gasteiger partial charge is 0.480 e. The number of aliphatic carboxylic acids is 1. The van der Waals surface area contributed by atoms with E-state index in [9.17, 15) is 18.0 Å². The van der Waals surface area contributed by atoms with Crippen LogP contribution in [0.5, 0.6) is 0 Å². The van der Waals surface area contributed by atoms with E-state index in [2.05, 4.69) is 4.74 Å². The molecule has 20 heavy (non-hydrogen) atoms. The summed E-state index contributed by atoms with van der Waals surface area (Å²) in [5.41, 5.74) is 0.587. The Kier molecular flexibility index (Phi) is 5.23. The highest BCUT2D eigenvalue weighted by atomic mass is 32.2. The van der Waals surface area contributed by atoms with Crippen molar-refractivity contribution in [3.05, 3.63) is 35.4 Å². The van der Waals surface area contributed by atoms with Crippen LogP contribution in [-0.4, -0.2) is 38.6 Å². The lowest BCUT2D eigenvalue weighted by Crippen LogP contribution is -2.38. The molecule has 0 heterocycles. The Labute approximate surface area is 116 Å². The molecule has 8 heteroatoms. The number of nitrogens with one attached hydrogen (secondary N) is 1. The van der Waals surface area contributed by atoms with Crippen LogP contribution in [0.1, 0.15) is 22.8 Å². The zero-order valence-corrected chi connectivity index (χ0v) is 11.8. The standard InChI is InChI=1S/C12H15NO6S/c1-8(11(14)15)13-20(17,18)7-9-4-3-5-10(6-9)12(16)19-2/h3-6,8,13H,7H2,1-2H3,(H,14,15)/t8-/m0/s1. The van der Waals surface area contributed by atoms with Crippen LogP contribution in [0.4, 0.5) is 0 Å². The molecule has 0 aliphatic carbocycles. The van der Waals surface area contributed by atoms with Gasteiger partial charge in [0.2, 0.25) is 10.0 Å². The first-order chi connectivity index (χ1) is 9.25. The lowest BCUT2D eigenvalue weighted by Gasteiger charge is -2.10. The maximum atomic E-state index is 11.8. The molecule has 0 aliphatic rings. The van der Waals surface area contributed by atoms with Gasteiger partial charge in [0.05, 0.1) is 18.4 Å². The summed E-state index contributed by atoms with van der Waals surface area (Å²) >= 11 is 0. The molecule has 0 bridgehead atoms. The summed E-state index contributed by atoms with van der Waals surface area (Å²) in [7, 11) is -2.59. The number of esters is 1. The van der Waals surface area contributed by atoms with E-state index in [1.54, 1.807) is 0 Å². The number of sulfonamides is 1. The Morgan fingerprint density at radius 3 is 2.60 bits per heavy atom. The minimum atomic E-state index is -3.81. The Morgan fingerprint density at radius 1 is 1.40 bits per heavy atom. The molecule has 0 radical (unpaired) electrons. The van der Waals surface area contributed by atoms with Crippen LogP contribution in [0, 0.1) is 0 Å². The first-order valence-electron chi connectivity index (χ1n) is 5.65. The summed E-state index contributed by atoms with van der Waals surface area (Å²) in [5, 5.41) is 8.67. The fourth-order valence-electron chi connectivity index (χ4n) is 1.49. The van der Waals surface area contributed by atoms with E-state index < -0.39 is 33.8 Å². The van der Waals surface area contributed by atoms with Crippen LogP contribution in [0.2, 0.25) is 0 Å². The third kappa shape index (κ3) is 4.63. The zero-order valence-electron chi connectivity index (χ0n) is 11.0. The Hall–Kier alpha value is -1.93. The quantitative estimate of drug-likeness (QED) is 0.734. The fourth-order valence-corrected chi connectivity index (χ4v) is 2.83. The van der Waals surface area contributed by atoms with E-state index in [1.165, 1.54) is 38.3 Å². The van der Waals surface area contributed by atoms with Crippen LogP contribution in [0.15, 0.2) is 24.3 Å². The van der Waals surface area contributed by atoms with Crippen LogP contribution in [0.3, 0.4) is 0 Å². The molecule has 0 saturated heterocycles. The van der Waals surface area contributed by atoms with Gasteiger partial charge >= 0.3 is 11.9 Å². The summed E-state index contributed by atoms with van der Waals surface area (Å²) in [5.74, 6) is -2.26. The van der Waals surface area contributed by atoms with Crippen molar-refractivity contribution in [3.8, 4) is 0 Å². The van der Waals surface area contributed by atoms with Gasteiger partial charge in [-0.3, -0.25) is 4.79 Å². The number of carboxylic acid groups (broad SMARTS) is 1. The third-order valence-electron chi connectivity index (χ3n) is 2.43. The third-order valence-corrected chi connectivity index (χ3v) is 3.86. The van der Waals surface area contributed by atoms with Gasteiger partial charge in [-0.2, -0.15) is 0 Å². The number of carbonyl (C=O) groups is 2. The molecular weight excluding hydrogens is 286 g/mol. The summed E-state index contributed by atoms with van der Waals surface area (Å²) in [6, 6.07) is 4.71. The molecule has 0 fully saturated rings. The Morgan fingerprint density at radius 2 is 2.05 bits per heavy atom. The van der Waals surface area contributed by atoms with E-state index >= 15 is 0 Å². The van der Waals surface area contributed by atoms with Crippen molar-refractivity contribution in [3.63, 3.8) is 0 Å². The smallest absolute Gasteiger partial charge is 0.337 e. The van der Waals surface area contributed by atoms with E-state index in [0.29, 0.717) is 5.56 Å². The van der Waals surface area contributed by atoms with Crippen LogP contribution in [0.25, 0.3) is 0 Å². The second-order valence-electron chi connectivity index (χ2n) is 4.13. The van der Waals surface area contributed by atoms with Gasteiger partial charge in [-0.15, -0.1) is 0 Å². The van der Waals surface area contributed by atoms with E-state index in [-0.39, 0.29) is 5.56 Å². The molecule has 110 valence electrons. The lowest BCUT2D eigenvalue weighted by molar-refractivity contribution is -0.138. The number of carboxylic acids is 1. The number of benzene rings is 1. The second-order valence-corrected chi connectivity index (χ2v) is 5.88. The van der Waals surface area contributed by atoms with E-state index in [4.69, 9.17) is 5.11 Å². The summed E-state index contributed by atoms with van der Waals surface area (Å²) in [6.07, 6.45) is 0. The first-order valence-corrected chi connectivity index (χ1v) is 7.30. The van der Waals surface area contributed by atoms with E-state index in [1.807, 2.05) is 4.72 Å². The summed E-state index contributed by atoms with van der Waals surface area (Å²) in [6.45, 7) is 1.23. The van der Waals surface area contributed by atoms with Gasteiger partial charge in [0.25, 0.3) is 0 Å². The van der Waals surface area contributed by atoms with Crippen LogP contribution < -0.4 is 4.72 Å². The van der Waals surface area contributed by atoms with Crippen LogP contribution >= 0.6 is 0 Å². The minimum Gasteiger partial charge on any atom is -0.480 e. The SMILES string of the molecule is COC(=O)c1cccc(CS(=O)(=O)N[C@@H](C)C(=O)O)c1. The molecule has 1 rings (SSSR count). The molecule has 0 amide bonds. The predicted molar refractivity (Wildman–Crippen MR) is 70.6 cm³/mol. The second kappa shape index (κ2) is 6.49. The van der Waals surface area contributed by atoms with Crippen molar-refractivity contribution in [2.45, 2.75) is 18.7 Å². The molecule has 0 spiro atoms. The molecule has 1 aromatic rings. The van der Waals surface area contributed by atoms with E-state index in [0.717, 1.165) is 0 Å². The highest BCUT2D eigenvalue weighted by molar-refractivity contribution is 7.88. The summed E-state index contributed by atoms with van der Waals surface area (Å²) in [4.78, 5) is 22.0. The highest BCUT2D eigenvalue weighted by Crippen LogP contribution is 2.10. The molecular formula is C12H15NO6S. The molecule has 2 N–H and O–H groups in total. The van der Waals surface area contributed by atoms with Gasteiger partial charge in [0.1, 0.15) is 6.04 Å². The average Bonchev–Trinajstić information content (AvgIpc) is 2.36. The molecule has 7 nitrogen and oxygen atoms in total. The van der Waals surface area contributed by atoms with Crippen molar-refractivity contribution in [2.75, 3.05) is 7.11 Å². The van der Waals surface area contributed by atoms with Crippen molar-refractivity contribution >= 4 is 22.0 Å². The molecule has 0 unspecified atom stereocenters. The molecule has 0 aliphatic heterocycles. The highest BCUT2D eigenvalue weighted by Gasteiger charge is 2.20. The maximum Gasteiger partial charge on any atom is 0.337 e. The van der Waals surface area contributed by atoms with Crippen molar-refractivity contribution in [1.29, 1.82) is 0 Å². The molecule has 1 atom stereocenters. The lowest BCUT2D eigenvalue weighted by atomic mass is 10.1. The molecule has 0 aromatic heterocycles. The first kappa shape index (κ1) is 16.1. The van der Waals surface area contributed by atoms with Crippen molar-refractivity contribution in [2.24, 2.45) is 0 Å². The minimum absolute atomic E-state index is 0.228. The number of hydrogen-bond acceptors (Lipinski definition) is 5. The van der Waals surface area contributed by atoms with Gasteiger partial charge < -0.3 is 9.84 Å². The van der Waals surface area contributed by atoms with Gasteiger partial charge in [0, 0.05) is 0 Å². The van der Waals surface area contributed by atoms with Crippen LogP contribution in [-0.2, 0) is 25.3 Å². The molecule has 1 aromatic carbocycles. The van der Waals surface area contributed by atoms with Crippen molar-refractivity contribution in [1.82, 2.24) is 4.72 Å². The van der Waals surface area contributed by atoms with Gasteiger partial charge in [-0.1, -0.05) is 12.1 Å². The zero-order chi connectivity index (χ0) is 15.3. The normalized spacial score (nSPS) is 12.7. The van der Waals surface area contributed by atoms with Crippen molar-refractivity contribution < 1.29 is 27.9 Å². The van der Waals surface area contributed by atoms with Gasteiger partial charge in [0.15, 0.2) is 0 Å². The topological polar surface area (TPSA) is 110 Å². The number of methoxy groups -OCH3 is 1. The number of rotatable bonds is 6. The monoisotopic (exact) mass is 301 g/mol. The maximum absolute atomic E-state index is 11.8. The average molecular weight is 301 g/mol. The van der Waals surface area contributed by atoms with Gasteiger partial charge in [-0.05, 0) is 24.6 Å². The number of ether oxygens (including phenoxy) is 1. The van der Waals surface area contributed by atoms with Gasteiger partial charge in [-0.25, -0.2) is 17.9 Å².